The molecule has 10 heavy (non-hydrogen) atoms. The van der Waals surface area contributed by atoms with Crippen LogP contribution in [0.2, 0.25) is 0 Å². The van der Waals surface area contributed by atoms with Crippen LogP contribution in [0.3, 0.4) is 0 Å². The topological polar surface area (TPSA) is 9.23 Å². The van der Waals surface area contributed by atoms with E-state index in [1.807, 2.05) is 12.3 Å². The molecule has 0 aromatic heterocycles. The lowest BCUT2D eigenvalue weighted by atomic mass is 10.4. The molecule has 0 aromatic carbocycles. The lowest BCUT2D eigenvalue weighted by Crippen LogP contribution is -1.94. The molecule has 0 heterocycles. The van der Waals surface area contributed by atoms with E-state index < -0.39 is 0 Å². The van der Waals surface area contributed by atoms with Crippen LogP contribution in [0.4, 0.5) is 0 Å². The van der Waals surface area contributed by atoms with Crippen molar-refractivity contribution in [1.29, 1.82) is 0 Å². The predicted octanol–water partition coefficient (Wildman–Crippen LogP) is 2.62. The zero-order chi connectivity index (χ0) is 7.82. The van der Waals surface area contributed by atoms with E-state index >= 15 is 0 Å². The number of hydrogen-bond acceptors (Lipinski definition) is 3. The fraction of sp³-hybridized carbons (Fsp3) is 0.571. The second-order valence-corrected chi connectivity index (χ2v) is 3.05. The molecule has 0 bridgehead atoms. The summed E-state index contributed by atoms with van der Waals surface area (Å²) in [4.78, 5) is 0. The Morgan fingerprint density at radius 2 is 2.30 bits per heavy atom. The van der Waals surface area contributed by atoms with Gasteiger partial charge in [0.1, 0.15) is 6.61 Å². The lowest BCUT2D eigenvalue weighted by molar-refractivity contribution is 0.370. The van der Waals surface area contributed by atoms with E-state index in [0.29, 0.717) is 11.0 Å². The average molecular weight is 176 g/mol. The third-order valence-electron chi connectivity index (χ3n) is 0.866. The number of thioether (sulfide) groups is 1. The minimum absolute atomic E-state index is 0.605. The van der Waals surface area contributed by atoms with Crippen molar-refractivity contribution in [2.45, 2.75) is 13.3 Å². The number of rotatable bonds is 3. The van der Waals surface area contributed by atoms with Crippen LogP contribution in [0.1, 0.15) is 13.3 Å². The SMILES string of the molecule is CCC=CCOC(=S)SC. The average Bonchev–Trinajstić information content (AvgIpc) is 1.98. The first-order chi connectivity index (χ1) is 4.81. The van der Waals surface area contributed by atoms with Gasteiger partial charge in [0.25, 0.3) is 0 Å². The molecule has 0 fully saturated rings. The standard InChI is InChI=1S/C7H12OS2/c1-3-4-5-6-8-7(9)10-2/h4-5H,3,6H2,1-2H3. The first kappa shape index (κ1) is 9.98. The molecule has 0 aliphatic rings. The van der Waals surface area contributed by atoms with Crippen molar-refractivity contribution in [1.82, 2.24) is 0 Å². The van der Waals surface area contributed by atoms with Gasteiger partial charge in [0.15, 0.2) is 0 Å². The molecule has 0 saturated heterocycles. The van der Waals surface area contributed by atoms with Crippen LogP contribution in [0.5, 0.6) is 0 Å². The Morgan fingerprint density at radius 1 is 1.60 bits per heavy atom. The summed E-state index contributed by atoms with van der Waals surface area (Å²) in [5, 5.41) is 0. The largest absolute Gasteiger partial charge is 0.474 e. The van der Waals surface area contributed by atoms with Crippen molar-refractivity contribution in [3.8, 4) is 0 Å². The highest BCUT2D eigenvalue weighted by atomic mass is 32.2. The molecule has 0 saturated carbocycles. The molecule has 0 radical (unpaired) electrons. The summed E-state index contributed by atoms with van der Waals surface area (Å²) in [6.45, 7) is 2.69. The highest BCUT2D eigenvalue weighted by Gasteiger charge is 1.88. The van der Waals surface area contributed by atoms with Gasteiger partial charge in [-0.1, -0.05) is 30.8 Å². The number of thiocarbonyl (C=S) groups is 1. The second kappa shape index (κ2) is 7.09. The van der Waals surface area contributed by atoms with Crippen LogP contribution in [-0.2, 0) is 4.74 Å². The summed E-state index contributed by atoms with van der Waals surface area (Å²) in [5.41, 5.74) is 0. The summed E-state index contributed by atoms with van der Waals surface area (Å²) in [6.07, 6.45) is 6.99. The molecule has 58 valence electrons. The Hall–Kier alpha value is -0.0200. The molecule has 0 aromatic rings. The van der Waals surface area contributed by atoms with Crippen molar-refractivity contribution >= 4 is 28.4 Å². The van der Waals surface area contributed by atoms with Crippen molar-refractivity contribution in [3.63, 3.8) is 0 Å². The second-order valence-electron chi connectivity index (χ2n) is 1.64. The Morgan fingerprint density at radius 3 is 2.80 bits per heavy atom. The molecular formula is C7H12OS2. The van der Waals surface area contributed by atoms with Gasteiger partial charge in [-0.05, 0) is 24.9 Å². The number of allylic oxidation sites excluding steroid dienone is 1. The maximum Gasteiger partial charge on any atom is 0.220 e. The van der Waals surface area contributed by atoms with Crippen molar-refractivity contribution in [3.05, 3.63) is 12.2 Å². The van der Waals surface area contributed by atoms with Crippen LogP contribution in [-0.4, -0.2) is 17.2 Å². The summed E-state index contributed by atoms with van der Waals surface area (Å²) in [5.74, 6) is 0. The maximum absolute atomic E-state index is 5.10. The molecule has 0 unspecified atom stereocenters. The van der Waals surface area contributed by atoms with Gasteiger partial charge >= 0.3 is 0 Å². The smallest absolute Gasteiger partial charge is 0.220 e. The molecule has 0 N–H and O–H groups in total. The van der Waals surface area contributed by atoms with Gasteiger partial charge in [-0.25, -0.2) is 0 Å². The van der Waals surface area contributed by atoms with Gasteiger partial charge < -0.3 is 4.74 Å². The van der Waals surface area contributed by atoms with Gasteiger partial charge in [-0.2, -0.15) is 0 Å². The quantitative estimate of drug-likeness (QED) is 0.483. The van der Waals surface area contributed by atoms with E-state index in [-0.39, 0.29) is 0 Å². The van der Waals surface area contributed by atoms with Gasteiger partial charge in [-0.15, -0.1) is 0 Å². The summed E-state index contributed by atoms with van der Waals surface area (Å²) < 4.78 is 5.71. The van der Waals surface area contributed by atoms with E-state index in [1.165, 1.54) is 11.8 Å². The Kier molecular flexibility index (Phi) is 7.08. The zero-order valence-corrected chi connectivity index (χ0v) is 7.93. The lowest BCUT2D eigenvalue weighted by Gasteiger charge is -1.98. The van der Waals surface area contributed by atoms with Gasteiger partial charge in [0, 0.05) is 0 Å². The molecule has 0 amide bonds. The van der Waals surface area contributed by atoms with Crippen molar-refractivity contribution in [2.75, 3.05) is 12.9 Å². The molecule has 0 rings (SSSR count). The first-order valence-electron chi connectivity index (χ1n) is 3.17. The molecule has 0 aliphatic heterocycles. The fourth-order valence-electron chi connectivity index (χ4n) is 0.410. The first-order valence-corrected chi connectivity index (χ1v) is 4.80. The Balaban J connectivity index is 3.19. The van der Waals surface area contributed by atoms with Crippen LogP contribution in [0.15, 0.2) is 12.2 Å². The highest BCUT2D eigenvalue weighted by Crippen LogP contribution is 1.98. The van der Waals surface area contributed by atoms with E-state index in [9.17, 15) is 0 Å². The normalized spacial score (nSPS) is 10.2. The van der Waals surface area contributed by atoms with Gasteiger partial charge in [0.2, 0.25) is 4.38 Å². The molecule has 0 aliphatic carbocycles. The van der Waals surface area contributed by atoms with Crippen LogP contribution >= 0.6 is 24.0 Å². The molecule has 0 spiro atoms. The molecular weight excluding hydrogens is 164 g/mol. The Labute approximate surface area is 71.8 Å². The Bertz CT molecular complexity index is 121. The monoisotopic (exact) mass is 176 g/mol. The maximum atomic E-state index is 5.10. The van der Waals surface area contributed by atoms with Gasteiger partial charge in [-0.3, -0.25) is 0 Å². The predicted molar refractivity (Wildman–Crippen MR) is 51.5 cm³/mol. The minimum atomic E-state index is 0.605. The summed E-state index contributed by atoms with van der Waals surface area (Å²) in [6, 6.07) is 0. The van der Waals surface area contributed by atoms with E-state index in [2.05, 4.69) is 13.0 Å². The molecule has 3 heteroatoms. The van der Waals surface area contributed by atoms with Crippen LogP contribution in [0, 0.1) is 0 Å². The van der Waals surface area contributed by atoms with Crippen molar-refractivity contribution < 1.29 is 4.74 Å². The highest BCUT2D eigenvalue weighted by molar-refractivity contribution is 8.22. The number of hydrogen-bond donors (Lipinski definition) is 0. The molecule has 0 atom stereocenters. The van der Waals surface area contributed by atoms with E-state index in [0.717, 1.165) is 6.42 Å². The number of ether oxygens (including phenoxy) is 1. The third-order valence-corrected chi connectivity index (χ3v) is 1.94. The van der Waals surface area contributed by atoms with Crippen LogP contribution < -0.4 is 0 Å². The van der Waals surface area contributed by atoms with Gasteiger partial charge in [0.05, 0.1) is 0 Å². The van der Waals surface area contributed by atoms with Crippen molar-refractivity contribution in [2.24, 2.45) is 0 Å². The fourth-order valence-corrected chi connectivity index (χ4v) is 0.664. The third kappa shape index (κ3) is 6.11. The molecule has 1 nitrogen and oxygen atoms in total. The minimum Gasteiger partial charge on any atom is -0.474 e. The summed E-state index contributed by atoms with van der Waals surface area (Å²) in [7, 11) is 0. The van der Waals surface area contributed by atoms with E-state index in [1.54, 1.807) is 0 Å². The van der Waals surface area contributed by atoms with E-state index in [4.69, 9.17) is 17.0 Å². The zero-order valence-electron chi connectivity index (χ0n) is 6.29. The van der Waals surface area contributed by atoms with Crippen LogP contribution in [0.25, 0.3) is 0 Å². The summed E-state index contributed by atoms with van der Waals surface area (Å²) >= 11 is 6.27.